The number of aromatic nitrogens is 1. The number of ether oxygens (including phenoxy) is 1. The number of nitrogens with one attached hydrogen (secondary N) is 1. The van der Waals surface area contributed by atoms with Gasteiger partial charge in [-0.25, -0.2) is 14.6 Å². The minimum Gasteiger partial charge on any atom is -0.539 e. The third kappa shape index (κ3) is 6.18. The summed E-state index contributed by atoms with van der Waals surface area (Å²) in [5.74, 6) is -2.51. The monoisotopic (exact) mass is 584 g/mol. The highest BCUT2D eigenvalue weighted by Gasteiger charge is 2.56. The number of aryl methyl sites for hydroxylation is 1. The molecular weight excluding hydrogens is 555 g/mol. The van der Waals surface area contributed by atoms with Crippen LogP contribution in [0.4, 0.5) is 0 Å². The van der Waals surface area contributed by atoms with Crippen molar-refractivity contribution in [2.45, 2.75) is 76.3 Å². The number of oxime groups is 1. The lowest BCUT2D eigenvalue weighted by atomic mass is 10.0. The zero-order chi connectivity index (χ0) is 28.6. The molecule has 2 amide bonds. The van der Waals surface area contributed by atoms with Crippen LogP contribution in [0.15, 0.2) is 21.8 Å². The van der Waals surface area contributed by atoms with E-state index in [-0.39, 0.29) is 28.2 Å². The van der Waals surface area contributed by atoms with Gasteiger partial charge in [0, 0.05) is 16.5 Å². The van der Waals surface area contributed by atoms with Crippen LogP contribution in [0, 0.1) is 6.92 Å². The highest BCUT2D eigenvalue weighted by molar-refractivity contribution is 8.00. The van der Waals surface area contributed by atoms with Crippen molar-refractivity contribution >= 4 is 72.2 Å². The van der Waals surface area contributed by atoms with Crippen molar-refractivity contribution in [1.29, 1.82) is 0 Å². The third-order valence-corrected chi connectivity index (χ3v) is 8.08. The lowest BCUT2D eigenvalue weighted by Crippen LogP contribution is -2.71. The van der Waals surface area contributed by atoms with Gasteiger partial charge in [-0.1, -0.05) is 5.16 Å². The largest absolute Gasteiger partial charge is 0.539 e. The molecule has 0 aliphatic carbocycles. The van der Waals surface area contributed by atoms with Crippen molar-refractivity contribution in [2.75, 3.05) is 5.88 Å². The third-order valence-electron chi connectivity index (χ3n) is 5.56. The van der Waals surface area contributed by atoms with Gasteiger partial charge >= 0.3 is 20.0 Å². The van der Waals surface area contributed by atoms with Gasteiger partial charge < -0.3 is 19.5 Å². The molecule has 15 heteroatoms. The van der Waals surface area contributed by atoms with Gasteiger partial charge in [0.15, 0.2) is 5.71 Å². The first-order chi connectivity index (χ1) is 17.6. The van der Waals surface area contributed by atoms with Gasteiger partial charge in [-0.2, -0.15) is 0 Å². The van der Waals surface area contributed by atoms with Crippen LogP contribution in [-0.2, 0) is 33.4 Å². The fourth-order valence-corrected chi connectivity index (χ4v) is 6.09. The molecule has 1 aromatic rings. The fraction of sp³-hybridized carbons (Fsp3) is 0.565. The van der Waals surface area contributed by atoms with E-state index in [4.69, 9.17) is 25.8 Å². The number of rotatable bonds is 8. The summed E-state index contributed by atoms with van der Waals surface area (Å²) in [5, 5.41) is 8.22. The second kappa shape index (κ2) is 11.3. The van der Waals surface area contributed by atoms with Gasteiger partial charge in [0.2, 0.25) is 5.60 Å². The predicted molar refractivity (Wildman–Crippen MR) is 146 cm³/mol. The van der Waals surface area contributed by atoms with Gasteiger partial charge in [-0.05, 0) is 54.0 Å². The summed E-state index contributed by atoms with van der Waals surface area (Å²) in [5.41, 5.74) is -1.58. The first kappa shape index (κ1) is 30.0. The number of thiazole rings is 1. The van der Waals surface area contributed by atoms with E-state index >= 15 is 0 Å². The Morgan fingerprint density at radius 1 is 1.26 bits per heavy atom. The number of carbonyl (C=O) groups is 4. The molecule has 0 bridgehead atoms. The van der Waals surface area contributed by atoms with Crippen LogP contribution in [0.2, 0.25) is 0 Å². The van der Waals surface area contributed by atoms with Crippen LogP contribution < -0.4 is 5.32 Å². The van der Waals surface area contributed by atoms with E-state index in [0.29, 0.717) is 10.6 Å². The molecule has 1 N–H and O–H groups in total. The SMILES string of the molecule is BOC(=O)C1=C(CCl)[C@H](C)S[C@@H]2[C@H](NC(=O)/C(=N\OC(C)(C)C(=O)OC(C)(C)C)c3csc(C)n3)C(=O)N12. The van der Waals surface area contributed by atoms with E-state index in [9.17, 15) is 19.2 Å². The fourth-order valence-electron chi connectivity index (χ4n) is 3.59. The molecule has 11 nitrogen and oxygen atoms in total. The number of esters is 1. The zero-order valence-corrected chi connectivity index (χ0v) is 24.8. The zero-order valence-electron chi connectivity index (χ0n) is 22.4. The average Bonchev–Trinajstić information content (AvgIpc) is 3.25. The molecule has 0 aromatic carbocycles. The van der Waals surface area contributed by atoms with Gasteiger partial charge in [0.1, 0.15) is 28.4 Å². The average molecular weight is 585 g/mol. The highest BCUT2D eigenvalue weighted by Crippen LogP contribution is 2.44. The Morgan fingerprint density at radius 3 is 2.45 bits per heavy atom. The van der Waals surface area contributed by atoms with Crippen molar-refractivity contribution in [3.63, 3.8) is 0 Å². The normalized spacial score (nSPS) is 21.9. The summed E-state index contributed by atoms with van der Waals surface area (Å²) in [7, 11) is 1.23. The number of hydrogen-bond acceptors (Lipinski definition) is 11. The van der Waals surface area contributed by atoms with E-state index < -0.39 is 46.4 Å². The predicted octanol–water partition coefficient (Wildman–Crippen LogP) is 1.67. The van der Waals surface area contributed by atoms with Crippen LogP contribution in [0.25, 0.3) is 0 Å². The molecule has 0 radical (unpaired) electrons. The van der Waals surface area contributed by atoms with Crippen LogP contribution in [0.1, 0.15) is 52.2 Å². The van der Waals surface area contributed by atoms with Crippen molar-refractivity contribution in [3.8, 4) is 0 Å². The molecule has 1 fully saturated rings. The maximum Gasteiger partial charge on any atom is 0.353 e. The number of thioether (sulfide) groups is 1. The topological polar surface area (TPSA) is 136 Å². The molecule has 2 aliphatic rings. The highest BCUT2D eigenvalue weighted by atomic mass is 35.5. The van der Waals surface area contributed by atoms with Crippen molar-refractivity contribution in [1.82, 2.24) is 15.2 Å². The number of β-lactam (4-membered cyclic amide) rings is 1. The molecular formula is C23H30BClN4O7S2. The Balaban J connectivity index is 1.86. The molecule has 38 heavy (non-hydrogen) atoms. The van der Waals surface area contributed by atoms with E-state index in [1.165, 1.54) is 49.9 Å². The summed E-state index contributed by atoms with van der Waals surface area (Å²) in [6.45, 7) is 11.7. The van der Waals surface area contributed by atoms with Gasteiger partial charge in [0.25, 0.3) is 11.8 Å². The molecule has 0 saturated carbocycles. The summed E-state index contributed by atoms with van der Waals surface area (Å²) in [6, 6.07) is -0.949. The van der Waals surface area contributed by atoms with E-state index in [1.807, 2.05) is 6.92 Å². The van der Waals surface area contributed by atoms with Gasteiger partial charge in [-0.15, -0.1) is 34.7 Å². The maximum atomic E-state index is 13.4. The second-order valence-electron chi connectivity index (χ2n) is 10.1. The molecule has 3 atom stereocenters. The quantitative estimate of drug-likeness (QED) is 0.121. The van der Waals surface area contributed by atoms with E-state index in [1.54, 1.807) is 33.1 Å². The molecule has 3 heterocycles. The first-order valence-electron chi connectivity index (χ1n) is 11.7. The summed E-state index contributed by atoms with van der Waals surface area (Å²) >= 11 is 8.74. The Labute approximate surface area is 235 Å². The first-order valence-corrected chi connectivity index (χ1v) is 14.1. The summed E-state index contributed by atoms with van der Waals surface area (Å²) < 4.78 is 10.3. The molecule has 2 aliphatic heterocycles. The molecule has 0 spiro atoms. The molecule has 1 aromatic heterocycles. The van der Waals surface area contributed by atoms with Crippen LogP contribution >= 0.6 is 34.7 Å². The molecule has 3 rings (SSSR count). The number of halogens is 1. The number of hydrogen-bond donors (Lipinski definition) is 1. The van der Waals surface area contributed by atoms with E-state index in [0.717, 1.165) is 0 Å². The van der Waals surface area contributed by atoms with Crippen molar-refractivity contribution in [2.24, 2.45) is 5.16 Å². The number of amides is 2. The maximum absolute atomic E-state index is 13.4. The summed E-state index contributed by atoms with van der Waals surface area (Å²) in [4.78, 5) is 62.6. The second-order valence-corrected chi connectivity index (χ2v) is 12.9. The Kier molecular flexibility index (Phi) is 8.89. The van der Waals surface area contributed by atoms with Gasteiger partial charge in [0.05, 0.1) is 5.01 Å². The standard InChI is InChI=1S/C23H30BClN4O7S2/c1-10-12(8-25)16(20(32)35-24)29-18(31)15(19(29)38-10)27-17(30)14(13-9-37-11(2)26-13)28-36-23(6,7)21(33)34-22(3,4)5/h9-10,15,19H,8,24H2,1-7H3,(H,27,30)/b28-14-/t10-,15+,19+/m0/s1. The number of carbonyl (C=O) groups excluding carboxylic acids is 4. The Bertz CT molecular complexity index is 1210. The van der Waals surface area contributed by atoms with E-state index in [2.05, 4.69) is 15.5 Å². The lowest BCUT2D eigenvalue weighted by molar-refractivity contribution is -0.179. The number of alkyl halides is 1. The van der Waals surface area contributed by atoms with Gasteiger partial charge in [-0.3, -0.25) is 14.5 Å². The van der Waals surface area contributed by atoms with Crippen molar-refractivity contribution in [3.05, 3.63) is 27.4 Å². The Hall–Kier alpha value is -2.58. The van der Waals surface area contributed by atoms with Crippen LogP contribution in [0.3, 0.4) is 0 Å². The molecule has 206 valence electrons. The van der Waals surface area contributed by atoms with Crippen molar-refractivity contribution < 1.29 is 33.4 Å². The van der Waals surface area contributed by atoms with Crippen LogP contribution in [-0.4, -0.2) is 81.1 Å². The molecule has 0 unspecified atom stereocenters. The smallest absolute Gasteiger partial charge is 0.353 e. The number of nitrogens with zero attached hydrogens (tertiary/aromatic N) is 3. The minimum atomic E-state index is -1.51. The van der Waals surface area contributed by atoms with Crippen LogP contribution in [0.5, 0.6) is 0 Å². The lowest BCUT2D eigenvalue weighted by Gasteiger charge is -2.51. The minimum absolute atomic E-state index is 0.0525. The Morgan fingerprint density at radius 2 is 1.92 bits per heavy atom. The number of fused-ring (bicyclic) bond motifs is 1. The molecule has 1 saturated heterocycles. The summed E-state index contributed by atoms with van der Waals surface area (Å²) in [6.07, 6.45) is 0.